The van der Waals surface area contributed by atoms with Crippen LogP contribution in [0.3, 0.4) is 0 Å². The minimum Gasteiger partial charge on any atom is -0.486 e. The van der Waals surface area contributed by atoms with E-state index in [2.05, 4.69) is 27.5 Å². The summed E-state index contributed by atoms with van der Waals surface area (Å²) in [6, 6.07) is 11.6. The quantitative estimate of drug-likeness (QED) is 0.576. The Morgan fingerprint density at radius 2 is 2.07 bits per heavy atom. The molecule has 0 fully saturated rings. The molecule has 3 rings (SSSR count). The lowest BCUT2D eigenvalue weighted by atomic mass is 10.2. The molecule has 1 aromatic carbocycles. The van der Waals surface area contributed by atoms with E-state index in [9.17, 15) is 0 Å². The zero-order chi connectivity index (χ0) is 18.9. The van der Waals surface area contributed by atoms with E-state index in [0.29, 0.717) is 38.1 Å². The molecular formula is C20H26N4O3. The van der Waals surface area contributed by atoms with Crippen molar-refractivity contribution < 1.29 is 14.2 Å². The Hall–Kier alpha value is -2.96. The van der Waals surface area contributed by atoms with Crippen molar-refractivity contribution in [3.05, 3.63) is 48.2 Å². The summed E-state index contributed by atoms with van der Waals surface area (Å²) >= 11 is 0. The molecule has 0 saturated heterocycles. The Labute approximate surface area is 159 Å². The summed E-state index contributed by atoms with van der Waals surface area (Å²) < 4.78 is 17.4. The lowest BCUT2D eigenvalue weighted by molar-refractivity contribution is 0.0936. The molecule has 2 heterocycles. The number of nitrogens with zero attached hydrogens (tertiary/aromatic N) is 2. The molecule has 0 saturated carbocycles. The van der Waals surface area contributed by atoms with Crippen LogP contribution in [0.5, 0.6) is 17.4 Å². The van der Waals surface area contributed by atoms with Crippen molar-refractivity contribution in [1.82, 2.24) is 15.6 Å². The topological polar surface area (TPSA) is 77.0 Å². The molecule has 0 spiro atoms. The number of fused-ring (bicyclic) bond motifs is 1. The summed E-state index contributed by atoms with van der Waals surface area (Å²) in [4.78, 5) is 8.56. The van der Waals surface area contributed by atoms with E-state index in [1.807, 2.05) is 36.4 Å². The summed E-state index contributed by atoms with van der Waals surface area (Å²) in [6.07, 6.45) is 2.60. The second-order valence-corrected chi connectivity index (χ2v) is 6.12. The second kappa shape index (κ2) is 9.66. The minimum absolute atomic E-state index is 0.0831. The fourth-order valence-corrected chi connectivity index (χ4v) is 2.66. The van der Waals surface area contributed by atoms with Gasteiger partial charge in [0.05, 0.1) is 13.2 Å². The van der Waals surface area contributed by atoms with Gasteiger partial charge in [0.1, 0.15) is 12.7 Å². The van der Waals surface area contributed by atoms with Gasteiger partial charge in [0.25, 0.3) is 0 Å². The van der Waals surface area contributed by atoms with Crippen LogP contribution in [0.15, 0.2) is 47.6 Å². The van der Waals surface area contributed by atoms with Crippen LogP contribution in [0.4, 0.5) is 0 Å². The van der Waals surface area contributed by atoms with E-state index in [1.165, 1.54) is 0 Å². The van der Waals surface area contributed by atoms with Gasteiger partial charge < -0.3 is 24.8 Å². The molecule has 7 nitrogen and oxygen atoms in total. The fourth-order valence-electron chi connectivity index (χ4n) is 2.66. The zero-order valence-corrected chi connectivity index (χ0v) is 15.8. The normalized spacial score (nSPS) is 15.9. The number of aliphatic imine (C=N–C) groups is 1. The van der Waals surface area contributed by atoms with Crippen LogP contribution < -0.4 is 24.8 Å². The summed E-state index contributed by atoms with van der Waals surface area (Å²) in [7, 11) is 1.74. The van der Waals surface area contributed by atoms with Gasteiger partial charge in [-0.25, -0.2) is 4.98 Å². The van der Waals surface area contributed by atoms with Crippen LogP contribution in [0.2, 0.25) is 0 Å². The van der Waals surface area contributed by atoms with Crippen molar-refractivity contribution in [2.45, 2.75) is 26.0 Å². The molecule has 27 heavy (non-hydrogen) atoms. The smallest absolute Gasteiger partial charge is 0.218 e. The van der Waals surface area contributed by atoms with E-state index in [0.717, 1.165) is 23.5 Å². The van der Waals surface area contributed by atoms with Gasteiger partial charge in [0.2, 0.25) is 5.88 Å². The Balaban J connectivity index is 1.49. The number of aromatic nitrogens is 1. The van der Waals surface area contributed by atoms with E-state index in [4.69, 9.17) is 14.2 Å². The van der Waals surface area contributed by atoms with Gasteiger partial charge in [-0.3, -0.25) is 4.99 Å². The first-order valence-corrected chi connectivity index (χ1v) is 9.20. The van der Waals surface area contributed by atoms with Crippen LogP contribution in [-0.4, -0.2) is 43.9 Å². The molecule has 1 aromatic heterocycles. The number of rotatable bonds is 7. The molecule has 1 aliphatic rings. The largest absolute Gasteiger partial charge is 0.486 e. The maximum absolute atomic E-state index is 5.95. The molecule has 0 radical (unpaired) electrons. The zero-order valence-electron chi connectivity index (χ0n) is 15.8. The van der Waals surface area contributed by atoms with Gasteiger partial charge in [-0.2, -0.15) is 0 Å². The van der Waals surface area contributed by atoms with Crippen molar-refractivity contribution >= 4 is 5.96 Å². The molecule has 0 aliphatic carbocycles. The number of guanidine groups is 1. The number of benzene rings is 1. The second-order valence-electron chi connectivity index (χ2n) is 6.12. The molecule has 0 bridgehead atoms. The number of nitrogens with one attached hydrogen (secondary N) is 2. The number of pyridine rings is 1. The summed E-state index contributed by atoms with van der Waals surface area (Å²) in [6.45, 7) is 4.37. The highest BCUT2D eigenvalue weighted by Crippen LogP contribution is 2.30. The number of hydrogen-bond acceptors (Lipinski definition) is 5. The number of hydrogen-bond donors (Lipinski definition) is 2. The highest BCUT2D eigenvalue weighted by Gasteiger charge is 2.20. The Kier molecular flexibility index (Phi) is 6.73. The van der Waals surface area contributed by atoms with E-state index in [1.54, 1.807) is 13.2 Å². The molecule has 1 atom stereocenters. The SMILES string of the molecule is CCCOc1ncccc1CNC(=NC)NCC1COc2ccccc2O1. The lowest BCUT2D eigenvalue weighted by Crippen LogP contribution is -2.45. The van der Waals surface area contributed by atoms with Crippen LogP contribution in [0.1, 0.15) is 18.9 Å². The molecule has 144 valence electrons. The monoisotopic (exact) mass is 370 g/mol. The third-order valence-corrected chi connectivity index (χ3v) is 4.03. The van der Waals surface area contributed by atoms with Crippen LogP contribution >= 0.6 is 0 Å². The first kappa shape index (κ1) is 18.8. The average molecular weight is 370 g/mol. The van der Waals surface area contributed by atoms with Gasteiger partial charge in [-0.15, -0.1) is 0 Å². The Bertz CT molecular complexity index is 766. The molecule has 2 N–H and O–H groups in total. The van der Waals surface area contributed by atoms with Crippen molar-refractivity contribution in [2.75, 3.05) is 26.8 Å². The predicted octanol–water partition coefficient (Wildman–Crippen LogP) is 2.38. The van der Waals surface area contributed by atoms with Crippen molar-refractivity contribution in [1.29, 1.82) is 0 Å². The number of ether oxygens (including phenoxy) is 3. The first-order valence-electron chi connectivity index (χ1n) is 9.20. The van der Waals surface area contributed by atoms with Gasteiger partial charge in [0, 0.05) is 25.4 Å². The molecule has 1 unspecified atom stereocenters. The summed E-state index contributed by atoms with van der Waals surface area (Å²) in [5.41, 5.74) is 0.986. The number of para-hydroxylation sites is 2. The maximum Gasteiger partial charge on any atom is 0.218 e. The lowest BCUT2D eigenvalue weighted by Gasteiger charge is -2.27. The third kappa shape index (κ3) is 5.26. The third-order valence-electron chi connectivity index (χ3n) is 4.03. The summed E-state index contributed by atoms with van der Waals surface area (Å²) in [5, 5.41) is 6.56. The molecule has 1 aliphatic heterocycles. The molecule has 7 heteroatoms. The van der Waals surface area contributed by atoms with Gasteiger partial charge in [0.15, 0.2) is 17.5 Å². The summed E-state index contributed by atoms with van der Waals surface area (Å²) in [5.74, 6) is 2.89. The Morgan fingerprint density at radius 3 is 2.89 bits per heavy atom. The maximum atomic E-state index is 5.95. The van der Waals surface area contributed by atoms with Crippen LogP contribution in [0, 0.1) is 0 Å². The molecule has 0 amide bonds. The molecular weight excluding hydrogens is 344 g/mol. The van der Waals surface area contributed by atoms with Crippen LogP contribution in [0.25, 0.3) is 0 Å². The van der Waals surface area contributed by atoms with Gasteiger partial charge in [-0.05, 0) is 24.6 Å². The first-order chi connectivity index (χ1) is 13.3. The van der Waals surface area contributed by atoms with E-state index >= 15 is 0 Å². The predicted molar refractivity (Wildman–Crippen MR) is 105 cm³/mol. The van der Waals surface area contributed by atoms with Gasteiger partial charge >= 0.3 is 0 Å². The average Bonchev–Trinajstić information content (AvgIpc) is 2.73. The van der Waals surface area contributed by atoms with Crippen molar-refractivity contribution in [3.8, 4) is 17.4 Å². The van der Waals surface area contributed by atoms with Gasteiger partial charge in [-0.1, -0.05) is 25.1 Å². The fraction of sp³-hybridized carbons (Fsp3) is 0.400. The van der Waals surface area contributed by atoms with Crippen LogP contribution in [-0.2, 0) is 6.54 Å². The highest BCUT2D eigenvalue weighted by molar-refractivity contribution is 5.79. The standard InChI is InChI=1S/C20H26N4O3/c1-3-11-25-19-15(7-6-10-22-19)12-23-20(21-2)24-13-16-14-26-17-8-4-5-9-18(17)27-16/h4-10,16H,3,11-14H2,1-2H3,(H2,21,23,24). The molecule has 2 aromatic rings. The van der Waals surface area contributed by atoms with Crippen molar-refractivity contribution in [2.24, 2.45) is 4.99 Å². The van der Waals surface area contributed by atoms with E-state index < -0.39 is 0 Å². The Morgan fingerprint density at radius 1 is 1.22 bits per heavy atom. The highest BCUT2D eigenvalue weighted by atomic mass is 16.6. The van der Waals surface area contributed by atoms with E-state index in [-0.39, 0.29) is 6.10 Å². The van der Waals surface area contributed by atoms with Crippen molar-refractivity contribution in [3.63, 3.8) is 0 Å². The minimum atomic E-state index is -0.0831.